The van der Waals surface area contributed by atoms with Crippen molar-refractivity contribution >= 4 is 17.9 Å². The van der Waals surface area contributed by atoms with Crippen LogP contribution in [0.3, 0.4) is 0 Å². The van der Waals surface area contributed by atoms with Crippen LogP contribution in [0.5, 0.6) is 0 Å². The molecule has 0 fully saturated rings. The van der Waals surface area contributed by atoms with Crippen LogP contribution in [0.1, 0.15) is 245 Å². The quantitative estimate of drug-likeness (QED) is 0.0261. The topological polar surface area (TPSA) is 78.9 Å². The molecule has 0 aromatic rings. The molecule has 0 unspecified atom stereocenters. The van der Waals surface area contributed by atoms with Gasteiger partial charge < -0.3 is 14.2 Å². The summed E-state index contributed by atoms with van der Waals surface area (Å²) in [7, 11) is 0. The third kappa shape index (κ3) is 56.5. The van der Waals surface area contributed by atoms with E-state index < -0.39 is 6.10 Å². The van der Waals surface area contributed by atoms with E-state index in [0.29, 0.717) is 19.3 Å². The molecule has 0 N–H and O–H groups in total. The molecule has 0 heterocycles. The number of carbonyl (C=O) groups is 3. The summed E-state index contributed by atoms with van der Waals surface area (Å²) in [5.41, 5.74) is 0. The summed E-state index contributed by atoms with van der Waals surface area (Å²) in [4.78, 5) is 38.2. The second-order valence-electron chi connectivity index (χ2n) is 18.8. The van der Waals surface area contributed by atoms with Crippen LogP contribution >= 0.6 is 0 Å². The van der Waals surface area contributed by atoms with Crippen molar-refractivity contribution < 1.29 is 28.6 Å². The van der Waals surface area contributed by atoms with Gasteiger partial charge in [-0.25, -0.2) is 0 Å². The molecule has 0 saturated heterocycles. The van der Waals surface area contributed by atoms with Crippen LogP contribution in [0.25, 0.3) is 0 Å². The van der Waals surface area contributed by atoms with Gasteiger partial charge in [0.2, 0.25) is 0 Å². The van der Waals surface area contributed by atoms with Gasteiger partial charge in [-0.3, -0.25) is 14.4 Å². The van der Waals surface area contributed by atoms with Gasteiger partial charge >= 0.3 is 17.9 Å². The lowest BCUT2D eigenvalue weighted by Gasteiger charge is -2.18. The Balaban J connectivity index is 4.58. The van der Waals surface area contributed by atoms with E-state index in [-0.39, 0.29) is 44.0 Å². The maximum Gasteiger partial charge on any atom is 0.306 e. The highest BCUT2D eigenvalue weighted by molar-refractivity contribution is 5.71. The lowest BCUT2D eigenvalue weighted by atomic mass is 10.0. The van der Waals surface area contributed by atoms with Gasteiger partial charge in [0, 0.05) is 19.3 Å². The van der Waals surface area contributed by atoms with E-state index >= 15 is 0 Å². The summed E-state index contributed by atoms with van der Waals surface area (Å²) in [6.07, 6.45) is 83.2. The molecule has 406 valence electrons. The molecule has 0 radical (unpaired) electrons. The molecule has 0 aliphatic carbocycles. The smallest absolute Gasteiger partial charge is 0.306 e. The second kappa shape index (κ2) is 59.1. The lowest BCUT2D eigenvalue weighted by Crippen LogP contribution is -2.30. The molecule has 0 spiro atoms. The number of hydrogen-bond acceptors (Lipinski definition) is 6. The van der Waals surface area contributed by atoms with Crippen LogP contribution in [-0.4, -0.2) is 37.2 Å². The first kappa shape index (κ1) is 67.5. The van der Waals surface area contributed by atoms with Crippen LogP contribution in [0.2, 0.25) is 0 Å². The number of rotatable bonds is 51. The summed E-state index contributed by atoms with van der Waals surface area (Å²) < 4.78 is 16.8. The number of unbranched alkanes of at least 4 members (excludes halogenated alkanes) is 18. The normalized spacial score (nSPS) is 13.1. The van der Waals surface area contributed by atoms with Crippen molar-refractivity contribution in [2.45, 2.75) is 252 Å². The van der Waals surface area contributed by atoms with E-state index in [9.17, 15) is 14.4 Å². The maximum atomic E-state index is 12.9. The van der Waals surface area contributed by atoms with Crippen LogP contribution in [0, 0.1) is 0 Å². The minimum absolute atomic E-state index is 0.133. The molecule has 0 bridgehead atoms. The molecule has 0 aromatic carbocycles. The van der Waals surface area contributed by atoms with E-state index in [2.05, 4.69) is 142 Å². The summed E-state index contributed by atoms with van der Waals surface area (Å²) in [6, 6.07) is 0. The molecule has 0 aromatic heterocycles. The zero-order valence-corrected chi connectivity index (χ0v) is 46.4. The molecule has 6 heteroatoms. The molecular weight excluding hydrogens is 889 g/mol. The summed E-state index contributed by atoms with van der Waals surface area (Å²) >= 11 is 0. The highest BCUT2D eigenvalue weighted by Crippen LogP contribution is 2.15. The van der Waals surface area contributed by atoms with Crippen LogP contribution in [-0.2, 0) is 28.6 Å². The van der Waals surface area contributed by atoms with Crippen LogP contribution < -0.4 is 0 Å². The van der Waals surface area contributed by atoms with Crippen molar-refractivity contribution in [1.82, 2.24) is 0 Å². The number of allylic oxidation sites excluding steroid dienone is 22. The number of hydrogen-bond donors (Lipinski definition) is 0. The molecule has 6 nitrogen and oxygen atoms in total. The second-order valence-corrected chi connectivity index (χ2v) is 18.8. The van der Waals surface area contributed by atoms with Gasteiger partial charge in [-0.1, -0.05) is 264 Å². The first-order valence-corrected chi connectivity index (χ1v) is 29.2. The maximum absolute atomic E-state index is 12.9. The van der Waals surface area contributed by atoms with Gasteiger partial charge in [0.05, 0.1) is 0 Å². The first-order valence-electron chi connectivity index (χ1n) is 29.2. The molecule has 0 aliphatic rings. The van der Waals surface area contributed by atoms with Crippen molar-refractivity contribution in [1.29, 1.82) is 0 Å². The Morgan fingerprint density at radius 2 is 0.569 bits per heavy atom. The third-order valence-electron chi connectivity index (χ3n) is 11.9. The molecule has 0 aliphatic heterocycles. The van der Waals surface area contributed by atoms with E-state index in [1.165, 1.54) is 96.3 Å². The summed E-state index contributed by atoms with van der Waals surface area (Å²) in [5.74, 6) is -1.07. The molecular formula is C66H106O6. The summed E-state index contributed by atoms with van der Waals surface area (Å²) in [5, 5.41) is 0. The molecule has 0 amide bonds. The van der Waals surface area contributed by atoms with Crippen LogP contribution in [0.15, 0.2) is 134 Å². The average Bonchev–Trinajstić information content (AvgIpc) is 3.38. The van der Waals surface area contributed by atoms with Gasteiger partial charge in [0.15, 0.2) is 6.10 Å². The molecule has 1 atom stereocenters. The molecule has 0 rings (SSSR count). The predicted octanol–water partition coefficient (Wildman–Crippen LogP) is 19.8. The largest absolute Gasteiger partial charge is 0.462 e. The highest BCUT2D eigenvalue weighted by Gasteiger charge is 2.19. The van der Waals surface area contributed by atoms with Gasteiger partial charge in [-0.05, 0) is 96.3 Å². The fraction of sp³-hybridized carbons (Fsp3) is 0.621. The summed E-state index contributed by atoms with van der Waals surface area (Å²) in [6.45, 7) is 6.30. The minimum atomic E-state index is -0.835. The van der Waals surface area contributed by atoms with Crippen LogP contribution in [0.4, 0.5) is 0 Å². The Kier molecular flexibility index (Phi) is 55.5. The Hall–Kier alpha value is -4.45. The van der Waals surface area contributed by atoms with Gasteiger partial charge in [-0.15, -0.1) is 0 Å². The van der Waals surface area contributed by atoms with E-state index in [1.54, 1.807) is 0 Å². The van der Waals surface area contributed by atoms with E-state index in [1.807, 2.05) is 12.2 Å². The Morgan fingerprint density at radius 1 is 0.292 bits per heavy atom. The monoisotopic (exact) mass is 995 g/mol. The highest BCUT2D eigenvalue weighted by atomic mass is 16.6. The Labute approximate surface area is 443 Å². The third-order valence-corrected chi connectivity index (χ3v) is 11.9. The fourth-order valence-corrected chi connectivity index (χ4v) is 7.62. The number of carbonyl (C=O) groups excluding carboxylic acids is 3. The average molecular weight is 996 g/mol. The number of ether oxygens (including phenoxy) is 3. The zero-order valence-electron chi connectivity index (χ0n) is 46.4. The van der Waals surface area contributed by atoms with E-state index in [0.717, 1.165) is 96.3 Å². The fourth-order valence-electron chi connectivity index (χ4n) is 7.62. The molecule has 0 saturated carbocycles. The first-order chi connectivity index (χ1) is 35.5. The van der Waals surface area contributed by atoms with Crippen molar-refractivity contribution in [2.24, 2.45) is 0 Å². The molecule has 72 heavy (non-hydrogen) atoms. The van der Waals surface area contributed by atoms with Crippen molar-refractivity contribution in [3.05, 3.63) is 134 Å². The van der Waals surface area contributed by atoms with E-state index in [4.69, 9.17) is 14.2 Å². The lowest BCUT2D eigenvalue weighted by molar-refractivity contribution is -0.166. The minimum Gasteiger partial charge on any atom is -0.462 e. The number of esters is 3. The van der Waals surface area contributed by atoms with Crippen molar-refractivity contribution in [3.63, 3.8) is 0 Å². The zero-order chi connectivity index (χ0) is 52.2. The van der Waals surface area contributed by atoms with Gasteiger partial charge in [0.1, 0.15) is 13.2 Å². The standard InChI is InChI=1S/C66H106O6/c1-4-7-10-13-16-19-22-25-28-31-33-36-38-41-44-47-50-53-56-59-65(68)71-62-63(61-70-64(67)58-55-52-49-46-43-40-37-34-30-27-24-21-18-15-12-9-6-3)72-66(69)60-57-54-51-48-45-42-39-35-32-29-26-23-20-17-14-11-8-5-2/h7,9-10,12,16,18-19,21,25,27-28,30,33,36-37,40-41,44,46,49-50,53,63H,4-6,8,11,13-15,17,20,22-24,26,29,31-32,34-35,38-39,42-43,45,47-48,51-52,54-62H2,1-3H3/b10-7-,12-9-,19-16-,21-18-,28-25-,30-27-,36-33-,40-37-,44-41-,49-46-,53-50-/t63-/m1/s1. The van der Waals surface area contributed by atoms with Crippen molar-refractivity contribution in [3.8, 4) is 0 Å². The van der Waals surface area contributed by atoms with Gasteiger partial charge in [-0.2, -0.15) is 0 Å². The Morgan fingerprint density at radius 3 is 0.917 bits per heavy atom. The Bertz CT molecular complexity index is 1560. The van der Waals surface area contributed by atoms with Crippen molar-refractivity contribution in [2.75, 3.05) is 13.2 Å². The van der Waals surface area contributed by atoms with Gasteiger partial charge in [0.25, 0.3) is 0 Å². The SMILES string of the molecule is CC/C=C\C/C=C\C/C=C\C/C=C\C/C=C\C/C=C\CCC(=O)OC[C@@H](COC(=O)CCC/C=C\C/C=C\C/C=C\C/C=C\C/C=C\CC)OC(=O)CCCCCCCCCCCCCCCCCCCC. The predicted molar refractivity (Wildman–Crippen MR) is 311 cm³/mol.